The van der Waals surface area contributed by atoms with Crippen LogP contribution < -0.4 is 10.1 Å². The van der Waals surface area contributed by atoms with Gasteiger partial charge in [-0.15, -0.1) is 0 Å². The van der Waals surface area contributed by atoms with Crippen LogP contribution >= 0.6 is 0 Å². The summed E-state index contributed by atoms with van der Waals surface area (Å²) in [5.41, 5.74) is 2.26. The molecule has 21 heavy (non-hydrogen) atoms. The van der Waals surface area contributed by atoms with E-state index in [1.165, 1.54) is 0 Å². The maximum Gasteiger partial charge on any atom is 0.326 e. The minimum Gasteiger partial charge on any atom is -0.493 e. The number of aryl methyl sites for hydroxylation is 2. The second kappa shape index (κ2) is 8.26. The molecular weight excluding hydrogens is 274 g/mol. The first-order chi connectivity index (χ1) is 9.93. The van der Waals surface area contributed by atoms with Crippen LogP contribution in [0.2, 0.25) is 0 Å². The van der Waals surface area contributed by atoms with Crippen molar-refractivity contribution in [3.05, 3.63) is 29.3 Å². The van der Waals surface area contributed by atoms with Gasteiger partial charge in [0, 0.05) is 13.0 Å². The maximum absolute atomic E-state index is 11.6. The summed E-state index contributed by atoms with van der Waals surface area (Å²) < 4.78 is 5.46. The number of carboxylic acid groups (broad SMARTS) is 1. The summed E-state index contributed by atoms with van der Waals surface area (Å²) in [7, 11) is 0. The van der Waals surface area contributed by atoms with Gasteiger partial charge in [0.1, 0.15) is 11.8 Å². The van der Waals surface area contributed by atoms with E-state index in [-0.39, 0.29) is 26.1 Å². The highest BCUT2D eigenvalue weighted by Crippen LogP contribution is 2.16. The third kappa shape index (κ3) is 5.83. The van der Waals surface area contributed by atoms with E-state index >= 15 is 0 Å². The molecule has 0 spiro atoms. The third-order valence-corrected chi connectivity index (χ3v) is 3.13. The van der Waals surface area contributed by atoms with Gasteiger partial charge in [0.25, 0.3) is 0 Å². The van der Waals surface area contributed by atoms with Crippen molar-refractivity contribution < 1.29 is 24.5 Å². The number of nitrogens with one attached hydrogen (secondary N) is 1. The number of ether oxygens (including phenoxy) is 1. The first-order valence-corrected chi connectivity index (χ1v) is 6.77. The molecule has 0 unspecified atom stereocenters. The van der Waals surface area contributed by atoms with Gasteiger partial charge in [-0.25, -0.2) is 4.79 Å². The molecule has 0 aliphatic carbocycles. The molecule has 0 saturated carbocycles. The van der Waals surface area contributed by atoms with Crippen LogP contribution in [-0.4, -0.2) is 41.3 Å². The van der Waals surface area contributed by atoms with E-state index < -0.39 is 17.9 Å². The molecule has 6 heteroatoms. The molecule has 0 aliphatic heterocycles. The smallest absolute Gasteiger partial charge is 0.326 e. The molecule has 1 aromatic rings. The zero-order valence-corrected chi connectivity index (χ0v) is 12.3. The molecule has 0 fully saturated rings. The van der Waals surface area contributed by atoms with Crippen LogP contribution in [0.15, 0.2) is 18.2 Å². The summed E-state index contributed by atoms with van der Waals surface area (Å²) in [6, 6.07) is 4.58. The van der Waals surface area contributed by atoms with Crippen molar-refractivity contribution in [1.82, 2.24) is 5.32 Å². The van der Waals surface area contributed by atoms with Gasteiger partial charge in [0.05, 0.1) is 13.0 Å². The molecule has 0 radical (unpaired) electrons. The first-order valence-electron chi connectivity index (χ1n) is 6.77. The fraction of sp³-hybridized carbons (Fsp3) is 0.467. The van der Waals surface area contributed by atoms with Crippen LogP contribution in [0, 0.1) is 13.8 Å². The molecule has 0 saturated heterocycles. The zero-order valence-electron chi connectivity index (χ0n) is 12.3. The van der Waals surface area contributed by atoms with Crippen LogP contribution in [0.3, 0.4) is 0 Å². The van der Waals surface area contributed by atoms with Gasteiger partial charge in [0.15, 0.2) is 0 Å². The Labute approximate surface area is 123 Å². The second-order valence-corrected chi connectivity index (χ2v) is 4.82. The van der Waals surface area contributed by atoms with E-state index in [4.69, 9.17) is 14.9 Å². The second-order valence-electron chi connectivity index (χ2n) is 4.82. The predicted molar refractivity (Wildman–Crippen MR) is 77.3 cm³/mol. The topological polar surface area (TPSA) is 95.9 Å². The highest BCUT2D eigenvalue weighted by atomic mass is 16.5. The average Bonchev–Trinajstić information content (AvgIpc) is 2.42. The number of hydrogen-bond donors (Lipinski definition) is 3. The van der Waals surface area contributed by atoms with Gasteiger partial charge in [-0.3, -0.25) is 4.79 Å². The Morgan fingerprint density at radius 1 is 1.29 bits per heavy atom. The predicted octanol–water partition coefficient (Wildman–Crippen LogP) is 1.02. The molecule has 1 atom stereocenters. The molecule has 3 N–H and O–H groups in total. The molecule has 0 aromatic heterocycles. The van der Waals surface area contributed by atoms with Crippen LogP contribution in [0.4, 0.5) is 0 Å². The number of aliphatic hydroxyl groups excluding tert-OH is 1. The first kappa shape index (κ1) is 17.0. The molecule has 0 aliphatic rings. The van der Waals surface area contributed by atoms with E-state index in [9.17, 15) is 9.59 Å². The summed E-state index contributed by atoms with van der Waals surface area (Å²) in [5, 5.41) is 19.9. The quantitative estimate of drug-likeness (QED) is 0.665. The molecule has 116 valence electrons. The molecule has 0 bridgehead atoms. The summed E-state index contributed by atoms with van der Waals surface area (Å²) in [5.74, 6) is -0.900. The number of aliphatic carboxylic acids is 1. The van der Waals surface area contributed by atoms with Gasteiger partial charge in [0.2, 0.25) is 5.91 Å². The number of carboxylic acids is 1. The van der Waals surface area contributed by atoms with Crippen LogP contribution in [0.1, 0.15) is 24.0 Å². The van der Waals surface area contributed by atoms with Gasteiger partial charge < -0.3 is 20.3 Å². The Bertz CT molecular complexity index is 501. The number of rotatable bonds is 8. The van der Waals surface area contributed by atoms with E-state index in [1.54, 1.807) is 0 Å². The fourth-order valence-electron chi connectivity index (χ4n) is 1.72. The number of aliphatic hydroxyl groups is 1. The SMILES string of the molecule is Cc1ccc(OCCC(=O)N[C@@H](CCO)C(=O)O)cc1C. The number of carbonyl (C=O) groups is 2. The van der Waals surface area contributed by atoms with Crippen LogP contribution in [0.25, 0.3) is 0 Å². The Morgan fingerprint density at radius 3 is 2.57 bits per heavy atom. The lowest BCUT2D eigenvalue weighted by Crippen LogP contribution is -2.41. The van der Waals surface area contributed by atoms with E-state index in [0.717, 1.165) is 11.1 Å². The molecule has 1 aromatic carbocycles. The lowest BCUT2D eigenvalue weighted by atomic mass is 10.1. The van der Waals surface area contributed by atoms with Crippen molar-refractivity contribution in [2.75, 3.05) is 13.2 Å². The maximum atomic E-state index is 11.6. The van der Waals surface area contributed by atoms with E-state index in [0.29, 0.717) is 5.75 Å². The number of hydrogen-bond acceptors (Lipinski definition) is 4. The van der Waals surface area contributed by atoms with Crippen molar-refractivity contribution in [3.63, 3.8) is 0 Å². The Balaban J connectivity index is 2.39. The summed E-state index contributed by atoms with van der Waals surface area (Å²) in [6.07, 6.45) is 0.0429. The summed E-state index contributed by atoms with van der Waals surface area (Å²) in [4.78, 5) is 22.4. The average molecular weight is 295 g/mol. The number of carbonyl (C=O) groups excluding carboxylic acids is 1. The molecule has 1 amide bonds. The highest BCUT2D eigenvalue weighted by molar-refractivity contribution is 5.83. The number of amides is 1. The molecular formula is C15H21NO5. The van der Waals surface area contributed by atoms with Crippen molar-refractivity contribution in [3.8, 4) is 5.75 Å². The van der Waals surface area contributed by atoms with Crippen LogP contribution in [0.5, 0.6) is 5.75 Å². The summed E-state index contributed by atoms with van der Waals surface area (Å²) in [6.45, 7) is 3.84. The lowest BCUT2D eigenvalue weighted by Gasteiger charge is -2.13. The minimum absolute atomic E-state index is 0.0148. The Hall–Kier alpha value is -2.08. The Morgan fingerprint density at radius 2 is 2.00 bits per heavy atom. The normalized spacial score (nSPS) is 11.8. The lowest BCUT2D eigenvalue weighted by molar-refractivity contribution is -0.142. The summed E-state index contributed by atoms with van der Waals surface area (Å²) >= 11 is 0. The number of benzene rings is 1. The molecule has 0 heterocycles. The van der Waals surface area contributed by atoms with E-state index in [2.05, 4.69) is 5.32 Å². The van der Waals surface area contributed by atoms with Crippen molar-refractivity contribution in [2.45, 2.75) is 32.7 Å². The van der Waals surface area contributed by atoms with Gasteiger partial charge in [-0.1, -0.05) is 6.07 Å². The van der Waals surface area contributed by atoms with Crippen LogP contribution in [-0.2, 0) is 9.59 Å². The third-order valence-electron chi connectivity index (χ3n) is 3.13. The molecule has 6 nitrogen and oxygen atoms in total. The zero-order chi connectivity index (χ0) is 15.8. The van der Waals surface area contributed by atoms with Gasteiger partial charge >= 0.3 is 5.97 Å². The van der Waals surface area contributed by atoms with E-state index in [1.807, 2.05) is 32.0 Å². The van der Waals surface area contributed by atoms with Crippen molar-refractivity contribution in [1.29, 1.82) is 0 Å². The van der Waals surface area contributed by atoms with Crippen molar-refractivity contribution >= 4 is 11.9 Å². The largest absolute Gasteiger partial charge is 0.493 e. The Kier molecular flexibility index (Phi) is 6.68. The van der Waals surface area contributed by atoms with Crippen molar-refractivity contribution in [2.24, 2.45) is 0 Å². The van der Waals surface area contributed by atoms with Gasteiger partial charge in [-0.05, 0) is 37.1 Å². The minimum atomic E-state index is -1.16. The molecule has 1 rings (SSSR count). The van der Waals surface area contributed by atoms with Gasteiger partial charge in [-0.2, -0.15) is 0 Å². The standard InChI is InChI=1S/C15H21NO5/c1-10-3-4-12(9-11(10)2)21-8-6-14(18)16-13(5-7-17)15(19)20/h3-4,9,13,17H,5-8H2,1-2H3,(H,16,18)(H,19,20)/t13-/m0/s1. The monoisotopic (exact) mass is 295 g/mol. The fourth-order valence-corrected chi connectivity index (χ4v) is 1.72. The highest BCUT2D eigenvalue weighted by Gasteiger charge is 2.18.